The van der Waals surface area contributed by atoms with Gasteiger partial charge < -0.3 is 0 Å². The summed E-state index contributed by atoms with van der Waals surface area (Å²) in [7, 11) is 0. The van der Waals surface area contributed by atoms with Crippen LogP contribution in [0.4, 0.5) is 0 Å². The number of nitrogens with zero attached hydrogens (tertiary/aromatic N) is 2. The molecule has 3 rings (SSSR count). The maximum absolute atomic E-state index is 4.58. The van der Waals surface area contributed by atoms with Gasteiger partial charge in [-0.3, -0.25) is 4.40 Å². The Morgan fingerprint density at radius 3 is 3.21 bits per heavy atom. The second-order valence-corrected chi connectivity index (χ2v) is 4.25. The minimum Gasteiger partial charge on any atom is -0.297 e. The van der Waals surface area contributed by atoms with Crippen LogP contribution < -0.4 is 0 Å². The zero-order chi connectivity index (χ0) is 9.38. The average Bonchev–Trinajstić information content (AvgIpc) is 2.78. The predicted octanol–water partition coefficient (Wildman–Crippen LogP) is 3.13. The number of allylic oxidation sites excluding steroid dienone is 4. The van der Waals surface area contributed by atoms with E-state index < -0.39 is 0 Å². The van der Waals surface area contributed by atoms with Crippen molar-refractivity contribution < 1.29 is 0 Å². The van der Waals surface area contributed by atoms with Gasteiger partial charge in [-0.1, -0.05) is 18.2 Å². The normalized spacial score (nSPS) is 16.1. The van der Waals surface area contributed by atoms with Gasteiger partial charge in [-0.05, 0) is 18.4 Å². The van der Waals surface area contributed by atoms with Gasteiger partial charge >= 0.3 is 0 Å². The van der Waals surface area contributed by atoms with Crippen LogP contribution in [-0.4, -0.2) is 9.38 Å². The largest absolute Gasteiger partial charge is 0.297 e. The smallest absolute Gasteiger partial charge is 0.194 e. The number of aromatic nitrogens is 2. The zero-order valence-corrected chi connectivity index (χ0v) is 8.50. The molecule has 0 radical (unpaired) electrons. The van der Waals surface area contributed by atoms with E-state index in [-0.39, 0.29) is 0 Å². The number of fused-ring (bicyclic) bond motifs is 1. The summed E-state index contributed by atoms with van der Waals surface area (Å²) in [5, 5.41) is 2.06. The van der Waals surface area contributed by atoms with Gasteiger partial charge in [0.25, 0.3) is 0 Å². The third-order valence-corrected chi connectivity index (χ3v) is 3.21. The lowest BCUT2D eigenvalue weighted by molar-refractivity contribution is 1.04. The van der Waals surface area contributed by atoms with Crippen LogP contribution in [0, 0.1) is 0 Å². The molecule has 1 aliphatic carbocycles. The SMILES string of the molecule is C1=CCCC(c2cn3ccsc3n2)=C1. The van der Waals surface area contributed by atoms with Crippen LogP contribution in [0.5, 0.6) is 0 Å². The van der Waals surface area contributed by atoms with Gasteiger partial charge in [0.15, 0.2) is 4.96 Å². The molecule has 0 atom stereocenters. The average molecular weight is 202 g/mol. The van der Waals surface area contributed by atoms with Crippen molar-refractivity contribution in [1.29, 1.82) is 0 Å². The molecule has 3 heteroatoms. The van der Waals surface area contributed by atoms with Crippen molar-refractivity contribution in [3.05, 3.63) is 41.7 Å². The first-order valence-electron chi connectivity index (χ1n) is 4.72. The Kier molecular flexibility index (Phi) is 1.77. The monoisotopic (exact) mass is 202 g/mol. The van der Waals surface area contributed by atoms with E-state index >= 15 is 0 Å². The Morgan fingerprint density at radius 1 is 1.43 bits per heavy atom. The van der Waals surface area contributed by atoms with Crippen LogP contribution in [0.1, 0.15) is 18.5 Å². The van der Waals surface area contributed by atoms with Crippen LogP contribution in [-0.2, 0) is 0 Å². The van der Waals surface area contributed by atoms with Crippen molar-refractivity contribution in [2.24, 2.45) is 0 Å². The number of rotatable bonds is 1. The van der Waals surface area contributed by atoms with Gasteiger partial charge in [0.2, 0.25) is 0 Å². The quantitative estimate of drug-likeness (QED) is 0.694. The van der Waals surface area contributed by atoms with Crippen LogP contribution in [0.25, 0.3) is 10.5 Å². The topological polar surface area (TPSA) is 17.3 Å². The lowest BCUT2D eigenvalue weighted by Crippen LogP contribution is -1.87. The van der Waals surface area contributed by atoms with Gasteiger partial charge in [-0.25, -0.2) is 4.98 Å². The minimum atomic E-state index is 1.08. The van der Waals surface area contributed by atoms with E-state index in [1.165, 1.54) is 5.57 Å². The summed E-state index contributed by atoms with van der Waals surface area (Å²) < 4.78 is 2.08. The second kappa shape index (κ2) is 3.10. The fourth-order valence-corrected chi connectivity index (χ4v) is 2.40. The molecule has 2 nitrogen and oxygen atoms in total. The highest BCUT2D eigenvalue weighted by Gasteiger charge is 2.08. The standard InChI is InChI=1S/C11H10N2S/c1-2-4-9(5-3-1)10-8-13-6-7-14-11(13)12-10/h1-2,4,6-8H,3,5H2. The molecular formula is C11H10N2S. The van der Waals surface area contributed by atoms with Crippen LogP contribution in [0.3, 0.4) is 0 Å². The molecule has 2 aromatic rings. The van der Waals surface area contributed by atoms with Crippen LogP contribution >= 0.6 is 11.3 Å². The Hall–Kier alpha value is -1.35. The molecule has 2 aromatic heterocycles. The van der Waals surface area contributed by atoms with Crippen molar-refractivity contribution in [1.82, 2.24) is 9.38 Å². The molecule has 2 heterocycles. The summed E-state index contributed by atoms with van der Waals surface area (Å²) in [6, 6.07) is 0. The summed E-state index contributed by atoms with van der Waals surface area (Å²) >= 11 is 1.68. The van der Waals surface area contributed by atoms with Crippen molar-refractivity contribution in [2.75, 3.05) is 0 Å². The lowest BCUT2D eigenvalue weighted by atomic mass is 10.0. The van der Waals surface area contributed by atoms with Gasteiger partial charge in [-0.2, -0.15) is 0 Å². The highest BCUT2D eigenvalue weighted by Crippen LogP contribution is 2.24. The number of hydrogen-bond acceptors (Lipinski definition) is 2. The molecule has 0 spiro atoms. The molecule has 0 aliphatic heterocycles. The summed E-state index contributed by atoms with van der Waals surface area (Å²) in [6.45, 7) is 0. The van der Waals surface area contributed by atoms with E-state index in [1.54, 1.807) is 11.3 Å². The van der Waals surface area contributed by atoms with Gasteiger partial charge in [-0.15, -0.1) is 11.3 Å². The van der Waals surface area contributed by atoms with E-state index in [4.69, 9.17) is 0 Å². The second-order valence-electron chi connectivity index (χ2n) is 3.38. The fourth-order valence-electron chi connectivity index (χ4n) is 1.70. The molecule has 0 saturated heterocycles. The Balaban J connectivity index is 2.09. The number of thiazole rings is 1. The number of imidazole rings is 1. The van der Waals surface area contributed by atoms with Crippen molar-refractivity contribution in [3.8, 4) is 0 Å². The zero-order valence-electron chi connectivity index (χ0n) is 7.68. The predicted molar refractivity (Wildman–Crippen MR) is 59.4 cm³/mol. The summed E-state index contributed by atoms with van der Waals surface area (Å²) in [5.41, 5.74) is 2.48. The first-order valence-corrected chi connectivity index (χ1v) is 5.60. The van der Waals surface area contributed by atoms with Crippen LogP contribution in [0.2, 0.25) is 0 Å². The third-order valence-electron chi connectivity index (χ3n) is 2.44. The molecule has 0 fully saturated rings. The number of hydrogen-bond donors (Lipinski definition) is 0. The first kappa shape index (κ1) is 8.00. The summed E-state index contributed by atoms with van der Waals surface area (Å²) in [6.07, 6.45) is 12.9. The first-order chi connectivity index (χ1) is 6.93. The van der Waals surface area contributed by atoms with E-state index in [1.807, 2.05) is 0 Å². The molecule has 0 saturated carbocycles. The molecular weight excluding hydrogens is 192 g/mol. The Morgan fingerprint density at radius 2 is 2.43 bits per heavy atom. The fraction of sp³-hybridized carbons (Fsp3) is 0.182. The van der Waals surface area contributed by atoms with Crippen molar-refractivity contribution in [3.63, 3.8) is 0 Å². The van der Waals surface area contributed by atoms with E-state index in [0.717, 1.165) is 23.5 Å². The van der Waals surface area contributed by atoms with E-state index in [2.05, 4.69) is 45.4 Å². The Labute approximate surface area is 86.2 Å². The van der Waals surface area contributed by atoms with Crippen molar-refractivity contribution >= 4 is 21.9 Å². The van der Waals surface area contributed by atoms with Gasteiger partial charge in [0.05, 0.1) is 5.69 Å². The van der Waals surface area contributed by atoms with E-state index in [9.17, 15) is 0 Å². The summed E-state index contributed by atoms with van der Waals surface area (Å²) in [4.78, 5) is 5.65. The molecule has 0 amide bonds. The lowest BCUT2D eigenvalue weighted by Gasteiger charge is -2.04. The molecule has 70 valence electrons. The maximum Gasteiger partial charge on any atom is 0.194 e. The van der Waals surface area contributed by atoms with Crippen molar-refractivity contribution in [2.45, 2.75) is 12.8 Å². The summed E-state index contributed by atoms with van der Waals surface area (Å²) in [5.74, 6) is 0. The minimum absolute atomic E-state index is 1.08. The molecule has 14 heavy (non-hydrogen) atoms. The molecule has 1 aliphatic rings. The third kappa shape index (κ3) is 1.21. The molecule has 0 unspecified atom stereocenters. The van der Waals surface area contributed by atoms with Gasteiger partial charge in [0, 0.05) is 17.8 Å². The highest BCUT2D eigenvalue weighted by atomic mass is 32.1. The molecule has 0 N–H and O–H groups in total. The van der Waals surface area contributed by atoms with E-state index in [0.29, 0.717) is 0 Å². The van der Waals surface area contributed by atoms with Gasteiger partial charge in [0.1, 0.15) is 0 Å². The van der Waals surface area contributed by atoms with Crippen LogP contribution in [0.15, 0.2) is 36.0 Å². The highest BCUT2D eigenvalue weighted by molar-refractivity contribution is 7.15. The molecule has 0 aromatic carbocycles. The molecule has 0 bridgehead atoms. The Bertz CT molecular complexity index is 488. The maximum atomic E-state index is 4.58.